The smallest absolute Gasteiger partial charge is 0.0688 e. The van der Waals surface area contributed by atoms with Crippen LogP contribution in [0.25, 0.3) is 71.3 Å². The number of hydrogen-bond donors (Lipinski definition) is 0. The van der Waals surface area contributed by atoms with Crippen LogP contribution in [0.4, 0.5) is 0 Å². The summed E-state index contributed by atoms with van der Waals surface area (Å²) >= 11 is 0. The summed E-state index contributed by atoms with van der Waals surface area (Å²) in [4.78, 5) is 0. The second kappa shape index (κ2) is 10.0. The van der Waals surface area contributed by atoms with Gasteiger partial charge >= 0.3 is 0 Å². The maximum Gasteiger partial charge on any atom is 0.0688 e. The number of rotatable bonds is 2. The van der Waals surface area contributed by atoms with Crippen molar-refractivity contribution in [3.8, 4) is 33.4 Å². The van der Waals surface area contributed by atoms with Crippen molar-refractivity contribution in [2.75, 3.05) is 0 Å². The summed E-state index contributed by atoms with van der Waals surface area (Å²) < 4.78 is 0. The van der Waals surface area contributed by atoms with Crippen molar-refractivity contribution in [1.82, 2.24) is 0 Å². The summed E-state index contributed by atoms with van der Waals surface area (Å²) in [6.45, 7) is 0. The molecule has 0 heteroatoms. The third-order valence-electron chi connectivity index (χ3n) is 11.5. The lowest BCUT2D eigenvalue weighted by atomic mass is 9.68. The van der Waals surface area contributed by atoms with Crippen molar-refractivity contribution in [1.29, 1.82) is 0 Å². The molecule has 8 aromatic rings. The van der Waals surface area contributed by atoms with E-state index in [1.807, 2.05) is 0 Å². The topological polar surface area (TPSA) is 0 Å². The first-order chi connectivity index (χ1) is 24.3. The zero-order valence-corrected chi connectivity index (χ0v) is 27.1. The second-order valence-corrected chi connectivity index (χ2v) is 13.8. The molecule has 1 unspecified atom stereocenters. The molecule has 3 aliphatic carbocycles. The second-order valence-electron chi connectivity index (χ2n) is 13.8. The van der Waals surface area contributed by atoms with E-state index in [-0.39, 0.29) is 5.41 Å². The monoisotopic (exact) mass is 620 g/mol. The lowest BCUT2D eigenvalue weighted by molar-refractivity contribution is 0.714. The molecule has 8 aromatic carbocycles. The summed E-state index contributed by atoms with van der Waals surface area (Å²) in [7, 11) is 0. The van der Waals surface area contributed by atoms with Crippen LogP contribution in [0.1, 0.15) is 35.1 Å². The Bertz CT molecular complexity index is 2710. The highest BCUT2D eigenvalue weighted by molar-refractivity contribution is 6.22. The molecule has 0 aliphatic heterocycles. The van der Waals surface area contributed by atoms with Gasteiger partial charge in [0.05, 0.1) is 5.41 Å². The van der Waals surface area contributed by atoms with Gasteiger partial charge in [-0.1, -0.05) is 158 Å². The van der Waals surface area contributed by atoms with E-state index in [1.54, 1.807) is 5.57 Å². The summed E-state index contributed by atoms with van der Waals surface area (Å²) in [5.74, 6) is 0. The van der Waals surface area contributed by atoms with E-state index < -0.39 is 0 Å². The molecule has 3 aliphatic rings. The van der Waals surface area contributed by atoms with Crippen molar-refractivity contribution in [3.63, 3.8) is 0 Å². The Labute approximate surface area is 286 Å². The van der Waals surface area contributed by atoms with Crippen molar-refractivity contribution in [2.45, 2.75) is 18.3 Å². The quantitative estimate of drug-likeness (QED) is 0.169. The number of fused-ring (bicyclic) bond motifs is 12. The fraction of sp³-hybridized carbons (Fsp3) is 0.0612. The van der Waals surface area contributed by atoms with Gasteiger partial charge in [0.1, 0.15) is 0 Å². The van der Waals surface area contributed by atoms with Gasteiger partial charge in [0.25, 0.3) is 0 Å². The Hall–Kier alpha value is -5.98. The molecule has 0 amide bonds. The van der Waals surface area contributed by atoms with Crippen LogP contribution >= 0.6 is 0 Å². The zero-order chi connectivity index (χ0) is 32.1. The minimum atomic E-state index is -0.282. The Morgan fingerprint density at radius 2 is 0.939 bits per heavy atom. The van der Waals surface area contributed by atoms with Crippen molar-refractivity contribution >= 4 is 37.9 Å². The average Bonchev–Trinajstić information content (AvgIpc) is 3.64. The molecular formula is C49H32. The first kappa shape index (κ1) is 27.0. The van der Waals surface area contributed by atoms with Gasteiger partial charge in [0.15, 0.2) is 0 Å². The zero-order valence-electron chi connectivity index (χ0n) is 27.1. The van der Waals surface area contributed by atoms with Crippen LogP contribution in [0.3, 0.4) is 0 Å². The highest BCUT2D eigenvalue weighted by Crippen LogP contribution is 2.64. The molecular weight excluding hydrogens is 589 g/mol. The highest BCUT2D eigenvalue weighted by Gasteiger charge is 2.52. The fourth-order valence-corrected chi connectivity index (χ4v) is 9.66. The van der Waals surface area contributed by atoms with Crippen molar-refractivity contribution in [3.05, 3.63) is 198 Å². The van der Waals surface area contributed by atoms with Gasteiger partial charge in [-0.15, -0.1) is 0 Å². The Morgan fingerprint density at radius 1 is 0.408 bits per heavy atom. The molecule has 0 nitrogen and oxygen atoms in total. The molecule has 1 atom stereocenters. The Morgan fingerprint density at radius 3 is 1.65 bits per heavy atom. The van der Waals surface area contributed by atoms with Crippen LogP contribution in [0.2, 0.25) is 0 Å². The number of hydrogen-bond acceptors (Lipinski definition) is 0. The average molecular weight is 621 g/mol. The SMILES string of the molecule is C1=CC2=C(CC1)C1(c3ccccc32)c2ccccc2-c2ccc(-c3c4ccccc4c(-c4ccc5ccccc5c4)c4ccccc34)cc21. The molecule has 0 aromatic heterocycles. The molecule has 0 saturated heterocycles. The first-order valence-electron chi connectivity index (χ1n) is 17.5. The number of allylic oxidation sites excluding steroid dienone is 4. The van der Waals surface area contributed by atoms with Crippen LogP contribution in [-0.2, 0) is 5.41 Å². The summed E-state index contributed by atoms with van der Waals surface area (Å²) in [5.41, 5.74) is 16.2. The summed E-state index contributed by atoms with van der Waals surface area (Å²) in [5, 5.41) is 7.70. The van der Waals surface area contributed by atoms with Crippen LogP contribution in [0.5, 0.6) is 0 Å². The van der Waals surface area contributed by atoms with Gasteiger partial charge in [0, 0.05) is 0 Å². The first-order valence-corrected chi connectivity index (χ1v) is 17.5. The van der Waals surface area contributed by atoms with Crippen LogP contribution < -0.4 is 0 Å². The molecule has 49 heavy (non-hydrogen) atoms. The maximum absolute atomic E-state index is 2.56. The van der Waals surface area contributed by atoms with Crippen LogP contribution in [-0.4, -0.2) is 0 Å². The Kier molecular flexibility index (Phi) is 5.52. The predicted octanol–water partition coefficient (Wildman–Crippen LogP) is 12.9. The van der Waals surface area contributed by atoms with Gasteiger partial charge in [-0.3, -0.25) is 0 Å². The Balaban J connectivity index is 1.23. The van der Waals surface area contributed by atoms with E-state index in [1.165, 1.54) is 93.5 Å². The van der Waals surface area contributed by atoms with Gasteiger partial charge in [-0.05, 0) is 124 Å². The molecule has 1 spiro atoms. The summed E-state index contributed by atoms with van der Waals surface area (Å²) in [6.07, 6.45) is 6.91. The lowest BCUT2D eigenvalue weighted by Gasteiger charge is -2.33. The minimum absolute atomic E-state index is 0.282. The molecule has 0 saturated carbocycles. The summed E-state index contributed by atoms with van der Waals surface area (Å²) in [6, 6.07) is 59.4. The largest absolute Gasteiger partial charge is 0.0836 e. The van der Waals surface area contributed by atoms with E-state index in [2.05, 4.69) is 170 Å². The third-order valence-corrected chi connectivity index (χ3v) is 11.5. The molecule has 0 fully saturated rings. The maximum atomic E-state index is 2.56. The van der Waals surface area contributed by atoms with E-state index >= 15 is 0 Å². The molecule has 0 bridgehead atoms. The van der Waals surface area contributed by atoms with Crippen LogP contribution in [0, 0.1) is 0 Å². The van der Waals surface area contributed by atoms with Gasteiger partial charge in [0.2, 0.25) is 0 Å². The molecule has 0 N–H and O–H groups in total. The standard InChI is InChI=1S/C49H32/c1-2-14-32-29-33(26-25-31(32)13-1)47-39-18-3-5-20-41(39)48(42-21-6-4-19-40(42)47)34-27-28-38-37-17-9-12-24-45(37)49(46(38)30-34)43-22-10-7-15-35(43)36-16-8-11-23-44(36)49/h1-10,12-22,24-30H,11,23H2. The third kappa shape index (κ3) is 3.53. The van der Waals surface area contributed by atoms with E-state index in [9.17, 15) is 0 Å². The predicted molar refractivity (Wildman–Crippen MR) is 207 cm³/mol. The van der Waals surface area contributed by atoms with E-state index in [4.69, 9.17) is 0 Å². The van der Waals surface area contributed by atoms with Gasteiger partial charge in [-0.2, -0.15) is 0 Å². The molecule has 11 rings (SSSR count). The van der Waals surface area contributed by atoms with Crippen molar-refractivity contribution < 1.29 is 0 Å². The van der Waals surface area contributed by atoms with Gasteiger partial charge in [-0.25, -0.2) is 0 Å². The lowest BCUT2D eigenvalue weighted by Crippen LogP contribution is -2.27. The highest BCUT2D eigenvalue weighted by atomic mass is 14.5. The van der Waals surface area contributed by atoms with E-state index in [0.717, 1.165) is 12.8 Å². The van der Waals surface area contributed by atoms with Crippen molar-refractivity contribution in [2.24, 2.45) is 0 Å². The van der Waals surface area contributed by atoms with E-state index in [0.29, 0.717) is 0 Å². The molecule has 0 radical (unpaired) electrons. The van der Waals surface area contributed by atoms with Gasteiger partial charge < -0.3 is 0 Å². The molecule has 0 heterocycles. The van der Waals surface area contributed by atoms with Crippen LogP contribution in [0.15, 0.2) is 175 Å². The molecule has 228 valence electrons. The fourth-order valence-electron chi connectivity index (χ4n) is 9.66. The minimum Gasteiger partial charge on any atom is -0.0836 e. The normalized spacial score (nSPS) is 17.1. The number of benzene rings is 8.